The van der Waals surface area contributed by atoms with Gasteiger partial charge >= 0.3 is 12.1 Å². The number of carboxylic acids is 1. The minimum atomic E-state index is -1.02. The van der Waals surface area contributed by atoms with E-state index in [0.717, 1.165) is 0 Å². The SMILES string of the molecule is CC(CC(NC(=O)OC(C)(C)C)c1cccc([N+](=O)[O-])c1)C(=O)O. The number of nitrogens with one attached hydrogen (secondary N) is 1. The maximum Gasteiger partial charge on any atom is 0.408 e. The molecule has 0 aliphatic carbocycles. The van der Waals surface area contributed by atoms with Crippen LogP contribution in [-0.4, -0.2) is 27.7 Å². The highest BCUT2D eigenvalue weighted by atomic mass is 16.6. The minimum absolute atomic E-state index is 0.0791. The monoisotopic (exact) mass is 338 g/mol. The second kappa shape index (κ2) is 7.76. The van der Waals surface area contributed by atoms with Crippen LogP contribution in [0.3, 0.4) is 0 Å². The Kier molecular flexibility index (Phi) is 6.27. The van der Waals surface area contributed by atoms with Gasteiger partial charge in [-0.1, -0.05) is 19.1 Å². The van der Waals surface area contributed by atoms with Crippen LogP contribution >= 0.6 is 0 Å². The van der Waals surface area contributed by atoms with Crippen LogP contribution in [0.4, 0.5) is 10.5 Å². The predicted molar refractivity (Wildman–Crippen MR) is 86.6 cm³/mol. The Bertz CT molecular complexity index is 623. The number of nitrogens with zero attached hydrogens (tertiary/aromatic N) is 1. The Morgan fingerprint density at radius 1 is 1.38 bits per heavy atom. The minimum Gasteiger partial charge on any atom is -0.481 e. The molecule has 0 bridgehead atoms. The second-order valence-corrected chi connectivity index (χ2v) is 6.53. The fourth-order valence-corrected chi connectivity index (χ4v) is 2.04. The van der Waals surface area contributed by atoms with E-state index in [1.54, 1.807) is 26.8 Å². The molecule has 0 saturated heterocycles. The Morgan fingerprint density at radius 3 is 2.50 bits per heavy atom. The Hall–Kier alpha value is -2.64. The van der Waals surface area contributed by atoms with E-state index in [0.29, 0.717) is 5.56 Å². The van der Waals surface area contributed by atoms with Crippen molar-refractivity contribution in [2.24, 2.45) is 5.92 Å². The molecular weight excluding hydrogens is 316 g/mol. The van der Waals surface area contributed by atoms with Gasteiger partial charge in [0.1, 0.15) is 5.60 Å². The van der Waals surface area contributed by atoms with E-state index < -0.39 is 34.5 Å². The third-order valence-electron chi connectivity index (χ3n) is 3.19. The first-order chi connectivity index (χ1) is 11.0. The van der Waals surface area contributed by atoms with E-state index in [4.69, 9.17) is 9.84 Å². The van der Waals surface area contributed by atoms with Gasteiger partial charge in [-0.15, -0.1) is 0 Å². The van der Waals surface area contributed by atoms with E-state index in [1.807, 2.05) is 0 Å². The molecule has 1 amide bonds. The summed E-state index contributed by atoms with van der Waals surface area (Å²) < 4.78 is 5.18. The average Bonchev–Trinajstić information content (AvgIpc) is 2.44. The Labute approximate surface area is 140 Å². The molecule has 8 heteroatoms. The molecule has 0 spiro atoms. The number of carbonyl (C=O) groups excluding carboxylic acids is 1. The standard InChI is InChI=1S/C16H22N2O6/c1-10(14(19)20)8-13(17-15(21)24-16(2,3)4)11-6-5-7-12(9-11)18(22)23/h5-7,9-10,13H,8H2,1-4H3,(H,17,21)(H,19,20). The van der Waals surface area contributed by atoms with Crippen LogP contribution in [0.5, 0.6) is 0 Å². The summed E-state index contributed by atoms with van der Waals surface area (Å²) in [5.41, 5.74) is -0.398. The summed E-state index contributed by atoms with van der Waals surface area (Å²) in [6, 6.07) is 5.02. The highest BCUT2D eigenvalue weighted by Gasteiger charge is 2.25. The third kappa shape index (κ3) is 6.23. The van der Waals surface area contributed by atoms with Gasteiger partial charge in [-0.2, -0.15) is 0 Å². The van der Waals surface area contributed by atoms with E-state index in [9.17, 15) is 19.7 Å². The highest BCUT2D eigenvalue weighted by molar-refractivity contribution is 5.71. The molecule has 1 aromatic carbocycles. The van der Waals surface area contributed by atoms with Crippen molar-refractivity contribution >= 4 is 17.7 Å². The van der Waals surface area contributed by atoms with Crippen molar-refractivity contribution in [2.45, 2.75) is 45.8 Å². The molecule has 0 aliphatic rings. The molecule has 132 valence electrons. The zero-order chi connectivity index (χ0) is 18.5. The van der Waals surface area contributed by atoms with Crippen molar-refractivity contribution in [3.05, 3.63) is 39.9 Å². The molecule has 0 aromatic heterocycles. The molecule has 1 rings (SSSR count). The fraction of sp³-hybridized carbons (Fsp3) is 0.500. The fourth-order valence-electron chi connectivity index (χ4n) is 2.04. The van der Waals surface area contributed by atoms with Crippen molar-refractivity contribution in [2.75, 3.05) is 0 Å². The molecule has 0 aliphatic heterocycles. The maximum atomic E-state index is 12.0. The zero-order valence-corrected chi connectivity index (χ0v) is 14.1. The van der Waals surface area contributed by atoms with Gasteiger partial charge in [-0.25, -0.2) is 4.79 Å². The van der Waals surface area contributed by atoms with Gasteiger partial charge in [0, 0.05) is 12.1 Å². The van der Waals surface area contributed by atoms with Crippen LogP contribution in [0.1, 0.15) is 45.7 Å². The summed E-state index contributed by atoms with van der Waals surface area (Å²) in [5, 5.41) is 22.6. The number of carbonyl (C=O) groups is 2. The zero-order valence-electron chi connectivity index (χ0n) is 14.1. The van der Waals surface area contributed by atoms with E-state index in [-0.39, 0.29) is 12.1 Å². The number of nitro groups is 1. The maximum absolute atomic E-state index is 12.0. The molecule has 2 atom stereocenters. The van der Waals surface area contributed by atoms with Gasteiger partial charge in [-0.05, 0) is 32.8 Å². The van der Waals surface area contributed by atoms with E-state index >= 15 is 0 Å². The molecule has 24 heavy (non-hydrogen) atoms. The molecule has 0 radical (unpaired) electrons. The number of amides is 1. The molecule has 1 aromatic rings. The van der Waals surface area contributed by atoms with E-state index in [1.165, 1.54) is 25.1 Å². The first-order valence-corrected chi connectivity index (χ1v) is 7.46. The number of hydrogen-bond acceptors (Lipinski definition) is 5. The van der Waals surface area contributed by atoms with Crippen molar-refractivity contribution in [1.29, 1.82) is 0 Å². The number of hydrogen-bond donors (Lipinski definition) is 2. The van der Waals surface area contributed by atoms with Gasteiger partial charge in [0.15, 0.2) is 0 Å². The number of carboxylic acid groups (broad SMARTS) is 1. The first-order valence-electron chi connectivity index (χ1n) is 7.46. The number of non-ortho nitro benzene ring substituents is 1. The summed E-state index contributed by atoms with van der Waals surface area (Å²) in [4.78, 5) is 33.5. The molecule has 0 fully saturated rings. The van der Waals surface area contributed by atoms with Crippen LogP contribution in [0.2, 0.25) is 0 Å². The molecule has 2 N–H and O–H groups in total. The molecule has 8 nitrogen and oxygen atoms in total. The van der Waals surface area contributed by atoms with Crippen molar-refractivity contribution in [3.8, 4) is 0 Å². The Balaban J connectivity index is 3.05. The number of ether oxygens (including phenoxy) is 1. The smallest absolute Gasteiger partial charge is 0.408 e. The van der Waals surface area contributed by atoms with Crippen LogP contribution in [0.15, 0.2) is 24.3 Å². The van der Waals surface area contributed by atoms with Crippen molar-refractivity contribution in [1.82, 2.24) is 5.32 Å². The van der Waals surface area contributed by atoms with Gasteiger partial charge in [0.2, 0.25) is 0 Å². The normalized spacial score (nSPS) is 13.7. The second-order valence-electron chi connectivity index (χ2n) is 6.53. The third-order valence-corrected chi connectivity index (χ3v) is 3.19. The number of nitro benzene ring substituents is 1. The lowest BCUT2D eigenvalue weighted by Crippen LogP contribution is -2.36. The number of benzene rings is 1. The van der Waals surface area contributed by atoms with Gasteiger partial charge in [0.25, 0.3) is 5.69 Å². The topological polar surface area (TPSA) is 119 Å². The van der Waals surface area contributed by atoms with Crippen LogP contribution in [0, 0.1) is 16.0 Å². The van der Waals surface area contributed by atoms with Crippen LogP contribution < -0.4 is 5.32 Å². The quantitative estimate of drug-likeness (QED) is 0.607. The predicted octanol–water partition coefficient (Wildman–Crippen LogP) is 3.27. The molecule has 0 heterocycles. The average molecular weight is 338 g/mol. The van der Waals surface area contributed by atoms with Gasteiger partial charge < -0.3 is 15.2 Å². The van der Waals surface area contributed by atoms with Crippen molar-refractivity contribution < 1.29 is 24.4 Å². The molecular formula is C16H22N2O6. The first kappa shape index (κ1) is 19.4. The van der Waals surface area contributed by atoms with Crippen LogP contribution in [-0.2, 0) is 9.53 Å². The summed E-state index contributed by atoms with van der Waals surface area (Å²) in [7, 11) is 0. The van der Waals surface area contributed by atoms with Gasteiger partial charge in [0.05, 0.1) is 16.9 Å². The lowest BCUT2D eigenvalue weighted by Gasteiger charge is -2.24. The highest BCUT2D eigenvalue weighted by Crippen LogP contribution is 2.25. The van der Waals surface area contributed by atoms with Crippen molar-refractivity contribution in [3.63, 3.8) is 0 Å². The van der Waals surface area contributed by atoms with E-state index in [2.05, 4.69) is 5.32 Å². The molecule has 0 saturated carbocycles. The van der Waals surface area contributed by atoms with Gasteiger partial charge in [-0.3, -0.25) is 14.9 Å². The summed E-state index contributed by atoms with van der Waals surface area (Å²) in [5.74, 6) is -1.76. The van der Waals surface area contributed by atoms with Crippen LogP contribution in [0.25, 0.3) is 0 Å². The number of rotatable bonds is 6. The summed E-state index contributed by atoms with van der Waals surface area (Å²) >= 11 is 0. The lowest BCUT2D eigenvalue weighted by molar-refractivity contribution is -0.384. The lowest BCUT2D eigenvalue weighted by atomic mass is 9.95. The Morgan fingerprint density at radius 2 is 2.00 bits per heavy atom. The largest absolute Gasteiger partial charge is 0.481 e. The summed E-state index contributed by atoms with van der Waals surface area (Å²) in [6.45, 7) is 6.61. The number of aliphatic carboxylic acids is 1. The molecule has 2 unspecified atom stereocenters. The number of alkyl carbamates (subject to hydrolysis) is 1. The summed E-state index contributed by atoms with van der Waals surface area (Å²) in [6.07, 6.45) is -0.632.